The van der Waals surface area contributed by atoms with Crippen LogP contribution in [-0.4, -0.2) is 29.2 Å². The maximum atomic E-state index is 15.0. The summed E-state index contributed by atoms with van der Waals surface area (Å²) in [7, 11) is 0. The number of nitrogens with one attached hydrogen (secondary N) is 2. The van der Waals surface area contributed by atoms with Crippen molar-refractivity contribution < 1.29 is 23.2 Å². The molecule has 9 heteroatoms. The molecule has 37 heavy (non-hydrogen) atoms. The molecule has 1 atom stereocenters. The Morgan fingerprint density at radius 3 is 2.43 bits per heavy atom. The van der Waals surface area contributed by atoms with Crippen LogP contribution in [0.2, 0.25) is 0 Å². The summed E-state index contributed by atoms with van der Waals surface area (Å²) in [5.74, 6) is -1.62. The summed E-state index contributed by atoms with van der Waals surface area (Å²) in [6.45, 7) is 1.68. The Balaban J connectivity index is 1.65. The second-order valence-corrected chi connectivity index (χ2v) is 9.34. The molecular formula is C28H26FN3O4S. The molecule has 2 aromatic heterocycles. The summed E-state index contributed by atoms with van der Waals surface area (Å²) in [5.41, 5.74) is 1.83. The van der Waals surface area contributed by atoms with E-state index < -0.39 is 29.6 Å². The number of thiophene rings is 1. The molecule has 7 nitrogen and oxygen atoms in total. The van der Waals surface area contributed by atoms with Crippen molar-refractivity contribution in [2.75, 3.05) is 6.54 Å². The molecule has 0 saturated carbocycles. The van der Waals surface area contributed by atoms with Crippen LogP contribution in [0.5, 0.6) is 0 Å². The van der Waals surface area contributed by atoms with Crippen LogP contribution in [0.15, 0.2) is 88.9 Å². The standard InChI is InChI=1S/C28H26FN3O4S/c1-19-10-12-20(13-11-19)18-32(25(33)17-31-27(34)24-9-5-15-37-24)26(22-7-2-3-8-23(22)29)28(35)30-16-21-6-4-14-36-21/h2-15,26H,16-18H2,1H3,(H,30,35)(H,31,34). The molecule has 2 heterocycles. The van der Waals surface area contributed by atoms with E-state index in [1.807, 2.05) is 31.2 Å². The SMILES string of the molecule is Cc1ccc(CN(C(=O)CNC(=O)c2cccs2)C(C(=O)NCc2ccco2)c2ccccc2F)cc1. The van der Waals surface area contributed by atoms with Crippen molar-refractivity contribution in [3.8, 4) is 0 Å². The van der Waals surface area contributed by atoms with Gasteiger partial charge in [-0.05, 0) is 42.1 Å². The first kappa shape index (κ1) is 25.8. The van der Waals surface area contributed by atoms with Crippen molar-refractivity contribution in [2.45, 2.75) is 26.1 Å². The number of carbonyl (C=O) groups is 3. The maximum Gasteiger partial charge on any atom is 0.261 e. The second-order valence-electron chi connectivity index (χ2n) is 8.39. The predicted molar refractivity (Wildman–Crippen MR) is 138 cm³/mol. The summed E-state index contributed by atoms with van der Waals surface area (Å²) in [6, 6.07) is 18.8. The number of furan rings is 1. The molecule has 0 aliphatic carbocycles. The summed E-state index contributed by atoms with van der Waals surface area (Å²) in [4.78, 5) is 41.3. The minimum atomic E-state index is -1.29. The van der Waals surface area contributed by atoms with Crippen molar-refractivity contribution in [3.63, 3.8) is 0 Å². The van der Waals surface area contributed by atoms with Crippen molar-refractivity contribution in [1.29, 1.82) is 0 Å². The average molecular weight is 520 g/mol. The first-order chi connectivity index (χ1) is 17.9. The van der Waals surface area contributed by atoms with Crippen molar-refractivity contribution in [1.82, 2.24) is 15.5 Å². The van der Waals surface area contributed by atoms with Crippen LogP contribution in [0.3, 0.4) is 0 Å². The Bertz CT molecular complexity index is 1340. The topological polar surface area (TPSA) is 91.7 Å². The fourth-order valence-electron chi connectivity index (χ4n) is 3.80. The summed E-state index contributed by atoms with van der Waals surface area (Å²) >= 11 is 1.25. The van der Waals surface area contributed by atoms with Gasteiger partial charge in [0.05, 0.1) is 24.2 Å². The van der Waals surface area contributed by atoms with Gasteiger partial charge < -0.3 is 20.0 Å². The molecule has 2 aromatic carbocycles. The predicted octanol–water partition coefficient (Wildman–Crippen LogP) is 4.60. The molecule has 4 aromatic rings. The van der Waals surface area contributed by atoms with Gasteiger partial charge in [-0.15, -0.1) is 11.3 Å². The van der Waals surface area contributed by atoms with Crippen LogP contribution >= 0.6 is 11.3 Å². The summed E-state index contributed by atoms with van der Waals surface area (Å²) in [5, 5.41) is 7.13. The summed E-state index contributed by atoms with van der Waals surface area (Å²) in [6.07, 6.45) is 1.49. The molecule has 190 valence electrons. The van der Waals surface area contributed by atoms with Crippen LogP contribution in [0.1, 0.15) is 38.2 Å². The van der Waals surface area contributed by atoms with E-state index in [1.54, 1.807) is 35.7 Å². The molecular weight excluding hydrogens is 493 g/mol. The number of aryl methyl sites for hydroxylation is 1. The number of hydrogen-bond donors (Lipinski definition) is 2. The Kier molecular flexibility index (Phi) is 8.48. The van der Waals surface area contributed by atoms with E-state index in [0.717, 1.165) is 11.1 Å². The fraction of sp³-hybridized carbons (Fsp3) is 0.179. The molecule has 1 unspecified atom stereocenters. The van der Waals surface area contributed by atoms with Crippen molar-refractivity contribution in [2.24, 2.45) is 0 Å². The third kappa shape index (κ3) is 6.71. The number of nitrogens with zero attached hydrogens (tertiary/aromatic N) is 1. The van der Waals surface area contributed by atoms with E-state index in [0.29, 0.717) is 10.6 Å². The first-order valence-electron chi connectivity index (χ1n) is 11.6. The van der Waals surface area contributed by atoms with Gasteiger partial charge in [-0.1, -0.05) is 54.1 Å². The van der Waals surface area contributed by atoms with Crippen LogP contribution in [0, 0.1) is 12.7 Å². The molecule has 0 radical (unpaired) electrons. The molecule has 0 aliphatic rings. The lowest BCUT2D eigenvalue weighted by Crippen LogP contribution is -2.47. The highest BCUT2D eigenvalue weighted by molar-refractivity contribution is 7.12. The zero-order valence-electron chi connectivity index (χ0n) is 20.1. The number of benzene rings is 2. The van der Waals surface area contributed by atoms with Crippen molar-refractivity contribution in [3.05, 3.63) is 118 Å². The smallest absolute Gasteiger partial charge is 0.261 e. The Morgan fingerprint density at radius 2 is 1.76 bits per heavy atom. The molecule has 4 rings (SSSR count). The Labute approximate surface area is 217 Å². The van der Waals surface area contributed by atoms with Crippen LogP contribution in [0.4, 0.5) is 4.39 Å². The van der Waals surface area contributed by atoms with E-state index in [1.165, 1.54) is 40.7 Å². The van der Waals surface area contributed by atoms with Gasteiger partial charge in [0.15, 0.2) is 0 Å². The number of carbonyl (C=O) groups excluding carboxylic acids is 3. The highest BCUT2D eigenvalue weighted by Gasteiger charge is 2.33. The average Bonchev–Trinajstić information content (AvgIpc) is 3.62. The van der Waals surface area contributed by atoms with Gasteiger partial charge in [-0.2, -0.15) is 0 Å². The lowest BCUT2D eigenvalue weighted by atomic mass is 10.0. The van der Waals surface area contributed by atoms with E-state index >= 15 is 4.39 Å². The van der Waals surface area contributed by atoms with Gasteiger partial charge in [-0.3, -0.25) is 14.4 Å². The molecule has 2 N–H and O–H groups in total. The molecule has 0 bridgehead atoms. The number of halogens is 1. The van der Waals surface area contributed by atoms with Crippen molar-refractivity contribution >= 4 is 29.1 Å². The Morgan fingerprint density at radius 1 is 0.973 bits per heavy atom. The van der Waals surface area contributed by atoms with Gasteiger partial charge in [0.2, 0.25) is 11.8 Å². The zero-order valence-corrected chi connectivity index (χ0v) is 21.0. The lowest BCUT2D eigenvalue weighted by molar-refractivity contribution is -0.141. The number of rotatable bonds is 10. The van der Waals surface area contributed by atoms with Gasteiger partial charge in [-0.25, -0.2) is 4.39 Å². The first-order valence-corrected chi connectivity index (χ1v) is 12.5. The molecule has 0 aliphatic heterocycles. The fourth-order valence-corrected chi connectivity index (χ4v) is 4.44. The monoisotopic (exact) mass is 519 g/mol. The Hall–Kier alpha value is -4.24. The third-order valence-corrected chi connectivity index (χ3v) is 6.58. The highest BCUT2D eigenvalue weighted by atomic mass is 32.1. The minimum Gasteiger partial charge on any atom is -0.467 e. The largest absolute Gasteiger partial charge is 0.467 e. The third-order valence-electron chi connectivity index (χ3n) is 5.72. The highest BCUT2D eigenvalue weighted by Crippen LogP contribution is 2.26. The lowest BCUT2D eigenvalue weighted by Gasteiger charge is -2.32. The number of amides is 3. The van der Waals surface area contributed by atoms with Gasteiger partial charge in [0.25, 0.3) is 5.91 Å². The normalized spacial score (nSPS) is 11.5. The van der Waals surface area contributed by atoms with Gasteiger partial charge >= 0.3 is 0 Å². The van der Waals surface area contributed by atoms with Crippen LogP contribution in [-0.2, 0) is 22.7 Å². The van der Waals surface area contributed by atoms with Gasteiger partial charge in [0.1, 0.15) is 17.6 Å². The maximum absolute atomic E-state index is 15.0. The molecule has 0 spiro atoms. The van der Waals surface area contributed by atoms with Crippen LogP contribution < -0.4 is 10.6 Å². The quantitative estimate of drug-likeness (QED) is 0.320. The van der Waals surface area contributed by atoms with E-state index in [2.05, 4.69) is 10.6 Å². The molecule has 0 fully saturated rings. The zero-order chi connectivity index (χ0) is 26.2. The number of hydrogen-bond acceptors (Lipinski definition) is 5. The summed E-state index contributed by atoms with van der Waals surface area (Å²) < 4.78 is 20.3. The van der Waals surface area contributed by atoms with E-state index in [9.17, 15) is 14.4 Å². The van der Waals surface area contributed by atoms with Crippen LogP contribution in [0.25, 0.3) is 0 Å². The minimum absolute atomic E-state index is 0.0289. The van der Waals surface area contributed by atoms with E-state index in [4.69, 9.17) is 4.42 Å². The van der Waals surface area contributed by atoms with E-state index in [-0.39, 0.29) is 25.2 Å². The van der Waals surface area contributed by atoms with Gasteiger partial charge in [0, 0.05) is 12.1 Å². The second kappa shape index (κ2) is 12.1. The molecule has 3 amide bonds. The molecule has 0 saturated heterocycles.